The zero-order valence-electron chi connectivity index (χ0n) is 11.6. The second-order valence-corrected chi connectivity index (χ2v) is 5.40. The minimum absolute atomic E-state index is 0.0182. The zero-order chi connectivity index (χ0) is 13.0. The minimum Gasteiger partial charge on any atom is -0.353 e. The van der Waals surface area contributed by atoms with Crippen LogP contribution in [-0.2, 0) is 4.79 Å². The van der Waals surface area contributed by atoms with Crippen molar-refractivity contribution < 1.29 is 4.79 Å². The molecule has 3 N–H and O–H groups in total. The molecule has 0 radical (unpaired) electrons. The van der Waals surface area contributed by atoms with E-state index in [0.717, 1.165) is 12.5 Å². The molecule has 3 atom stereocenters. The SMILES string of the molecule is CCC(C)C(N)C(=O)NCC(C)N(C)C1CC1. The van der Waals surface area contributed by atoms with Crippen LogP contribution in [0, 0.1) is 5.92 Å². The first-order valence-corrected chi connectivity index (χ1v) is 6.72. The van der Waals surface area contributed by atoms with Crippen LogP contribution in [0.1, 0.15) is 40.0 Å². The van der Waals surface area contributed by atoms with Crippen molar-refractivity contribution in [3.63, 3.8) is 0 Å². The van der Waals surface area contributed by atoms with Crippen molar-refractivity contribution in [1.82, 2.24) is 10.2 Å². The van der Waals surface area contributed by atoms with Crippen LogP contribution in [0.2, 0.25) is 0 Å². The van der Waals surface area contributed by atoms with Crippen molar-refractivity contribution in [3.8, 4) is 0 Å². The van der Waals surface area contributed by atoms with Gasteiger partial charge in [-0.1, -0.05) is 20.3 Å². The third-order valence-corrected chi connectivity index (χ3v) is 3.95. The summed E-state index contributed by atoms with van der Waals surface area (Å²) in [6.07, 6.45) is 3.52. The molecule has 0 aromatic rings. The molecule has 0 spiro atoms. The maximum Gasteiger partial charge on any atom is 0.237 e. The summed E-state index contributed by atoms with van der Waals surface area (Å²) in [6, 6.07) is 0.735. The van der Waals surface area contributed by atoms with Crippen molar-refractivity contribution in [1.29, 1.82) is 0 Å². The highest BCUT2D eigenvalue weighted by atomic mass is 16.2. The highest BCUT2D eigenvalue weighted by Gasteiger charge is 2.29. The summed E-state index contributed by atoms with van der Waals surface area (Å²) in [5, 5.41) is 2.96. The summed E-state index contributed by atoms with van der Waals surface area (Å²) < 4.78 is 0. The number of nitrogens with two attached hydrogens (primary N) is 1. The average molecular weight is 241 g/mol. The maximum atomic E-state index is 11.8. The van der Waals surface area contributed by atoms with Gasteiger partial charge in [-0.3, -0.25) is 9.69 Å². The van der Waals surface area contributed by atoms with Gasteiger partial charge in [-0.2, -0.15) is 0 Å². The van der Waals surface area contributed by atoms with Crippen molar-refractivity contribution in [2.24, 2.45) is 11.7 Å². The molecule has 1 aliphatic rings. The van der Waals surface area contributed by atoms with Crippen molar-refractivity contribution in [2.75, 3.05) is 13.6 Å². The van der Waals surface area contributed by atoms with Crippen LogP contribution in [0.15, 0.2) is 0 Å². The van der Waals surface area contributed by atoms with E-state index in [1.807, 2.05) is 6.92 Å². The molecule has 1 aliphatic carbocycles. The summed E-state index contributed by atoms with van der Waals surface area (Å²) in [4.78, 5) is 14.1. The molecule has 17 heavy (non-hydrogen) atoms. The van der Waals surface area contributed by atoms with Crippen molar-refractivity contribution in [2.45, 2.75) is 58.2 Å². The lowest BCUT2D eigenvalue weighted by atomic mass is 9.99. The molecule has 100 valence electrons. The molecule has 4 heteroatoms. The third-order valence-electron chi connectivity index (χ3n) is 3.95. The Kier molecular flexibility index (Phi) is 5.40. The van der Waals surface area contributed by atoms with Gasteiger partial charge < -0.3 is 11.1 Å². The lowest BCUT2D eigenvalue weighted by Gasteiger charge is -2.26. The molecule has 4 nitrogen and oxygen atoms in total. The predicted octanol–water partition coefficient (Wildman–Crippen LogP) is 0.959. The van der Waals surface area contributed by atoms with Crippen LogP contribution >= 0.6 is 0 Å². The molecule has 1 fully saturated rings. The van der Waals surface area contributed by atoms with E-state index >= 15 is 0 Å². The van der Waals surface area contributed by atoms with Gasteiger partial charge in [-0.25, -0.2) is 0 Å². The fraction of sp³-hybridized carbons (Fsp3) is 0.923. The molecule has 0 bridgehead atoms. The minimum atomic E-state index is -0.376. The van der Waals surface area contributed by atoms with Crippen molar-refractivity contribution in [3.05, 3.63) is 0 Å². The summed E-state index contributed by atoms with van der Waals surface area (Å²) in [5.41, 5.74) is 5.88. The average Bonchev–Trinajstić information content (AvgIpc) is 3.16. The van der Waals surface area contributed by atoms with E-state index < -0.39 is 0 Å². The van der Waals surface area contributed by atoms with Crippen LogP contribution in [0.5, 0.6) is 0 Å². The number of amides is 1. The summed E-state index contributed by atoms with van der Waals surface area (Å²) in [5.74, 6) is 0.224. The first-order valence-electron chi connectivity index (χ1n) is 6.72. The van der Waals surface area contributed by atoms with Gasteiger partial charge in [-0.15, -0.1) is 0 Å². The number of likely N-dealkylation sites (N-methyl/N-ethyl adjacent to an activating group) is 1. The maximum absolute atomic E-state index is 11.8. The highest BCUT2D eigenvalue weighted by Crippen LogP contribution is 2.26. The molecule has 0 aromatic carbocycles. The number of nitrogens with zero attached hydrogens (tertiary/aromatic N) is 1. The number of carbonyl (C=O) groups excluding carboxylic acids is 1. The Morgan fingerprint density at radius 1 is 1.47 bits per heavy atom. The molecule has 1 amide bonds. The lowest BCUT2D eigenvalue weighted by molar-refractivity contribution is -0.123. The van der Waals surface area contributed by atoms with Gasteiger partial charge in [0.25, 0.3) is 0 Å². The predicted molar refractivity (Wildman–Crippen MR) is 70.7 cm³/mol. The largest absolute Gasteiger partial charge is 0.353 e. The number of carbonyl (C=O) groups is 1. The van der Waals surface area contributed by atoms with E-state index in [1.54, 1.807) is 0 Å². The highest BCUT2D eigenvalue weighted by molar-refractivity contribution is 5.81. The molecule has 0 aliphatic heterocycles. The molecule has 3 unspecified atom stereocenters. The number of nitrogens with one attached hydrogen (secondary N) is 1. The monoisotopic (exact) mass is 241 g/mol. The molecule has 0 saturated heterocycles. The van der Waals surface area contributed by atoms with Gasteiger partial charge in [-0.05, 0) is 32.7 Å². The Hall–Kier alpha value is -0.610. The first kappa shape index (κ1) is 14.5. The van der Waals surface area contributed by atoms with Crippen LogP contribution in [0.3, 0.4) is 0 Å². The fourth-order valence-electron chi connectivity index (χ4n) is 1.86. The molecule has 1 saturated carbocycles. The Bertz CT molecular complexity index is 253. The Labute approximate surface area is 105 Å². The standard InChI is InChI=1S/C13H27N3O/c1-5-9(2)12(14)13(17)15-8-10(3)16(4)11-6-7-11/h9-12H,5-8,14H2,1-4H3,(H,15,17). The summed E-state index contributed by atoms with van der Waals surface area (Å²) in [7, 11) is 2.13. The van der Waals surface area contributed by atoms with Gasteiger partial charge in [0.15, 0.2) is 0 Å². The van der Waals surface area contributed by atoms with Gasteiger partial charge in [0.1, 0.15) is 0 Å². The van der Waals surface area contributed by atoms with E-state index in [9.17, 15) is 4.79 Å². The molecule has 0 aromatic heterocycles. The van der Waals surface area contributed by atoms with Gasteiger partial charge in [0, 0.05) is 18.6 Å². The van der Waals surface area contributed by atoms with Crippen LogP contribution in [0.25, 0.3) is 0 Å². The zero-order valence-corrected chi connectivity index (χ0v) is 11.6. The normalized spacial score (nSPS) is 21.1. The van der Waals surface area contributed by atoms with Crippen LogP contribution in [-0.4, -0.2) is 42.5 Å². The van der Waals surface area contributed by atoms with E-state index in [1.165, 1.54) is 12.8 Å². The molecule has 0 heterocycles. The van der Waals surface area contributed by atoms with Crippen molar-refractivity contribution >= 4 is 5.91 Å². The van der Waals surface area contributed by atoms with Gasteiger partial charge >= 0.3 is 0 Å². The Morgan fingerprint density at radius 3 is 2.53 bits per heavy atom. The van der Waals surface area contributed by atoms with E-state index in [4.69, 9.17) is 5.73 Å². The van der Waals surface area contributed by atoms with Crippen LogP contribution < -0.4 is 11.1 Å². The fourth-order valence-corrected chi connectivity index (χ4v) is 1.86. The van der Waals surface area contributed by atoms with E-state index in [-0.39, 0.29) is 17.9 Å². The second kappa shape index (κ2) is 6.36. The Balaban J connectivity index is 2.26. The van der Waals surface area contributed by atoms with E-state index in [0.29, 0.717) is 12.6 Å². The Morgan fingerprint density at radius 2 is 2.06 bits per heavy atom. The quantitative estimate of drug-likeness (QED) is 0.698. The number of hydrogen-bond acceptors (Lipinski definition) is 3. The van der Waals surface area contributed by atoms with Crippen LogP contribution in [0.4, 0.5) is 0 Å². The summed E-state index contributed by atoms with van der Waals surface area (Å²) >= 11 is 0. The first-order chi connectivity index (χ1) is 7.97. The summed E-state index contributed by atoms with van der Waals surface area (Å²) in [6.45, 7) is 6.91. The molecular formula is C13H27N3O. The number of rotatable bonds is 7. The topological polar surface area (TPSA) is 58.4 Å². The third kappa shape index (κ3) is 4.28. The number of hydrogen-bond donors (Lipinski definition) is 2. The van der Waals surface area contributed by atoms with E-state index in [2.05, 4.69) is 31.1 Å². The molecule has 1 rings (SSSR count). The van der Waals surface area contributed by atoms with Gasteiger partial charge in [0.05, 0.1) is 6.04 Å². The molecular weight excluding hydrogens is 214 g/mol. The lowest BCUT2D eigenvalue weighted by Crippen LogP contribution is -2.48. The second-order valence-electron chi connectivity index (χ2n) is 5.40. The van der Waals surface area contributed by atoms with Gasteiger partial charge in [0.2, 0.25) is 5.91 Å². The smallest absolute Gasteiger partial charge is 0.237 e.